The van der Waals surface area contributed by atoms with Gasteiger partial charge in [-0.05, 0) is 29.2 Å². The third kappa shape index (κ3) is 4.37. The van der Waals surface area contributed by atoms with Crippen LogP contribution in [-0.4, -0.2) is 61.0 Å². The number of hydrogen-bond donors (Lipinski definition) is 1. The first kappa shape index (κ1) is 19.2. The molecule has 2 saturated heterocycles. The topological polar surface area (TPSA) is 35.6 Å². The lowest BCUT2D eigenvalue weighted by molar-refractivity contribution is -0.130. The van der Waals surface area contributed by atoms with Gasteiger partial charge in [-0.3, -0.25) is 9.69 Å². The molecule has 26 heavy (non-hydrogen) atoms. The number of aryl methyl sites for hydroxylation is 1. The summed E-state index contributed by atoms with van der Waals surface area (Å²) in [4.78, 5) is 17.2. The second-order valence-electron chi connectivity index (χ2n) is 7.25. The number of halogens is 1. The highest BCUT2D eigenvalue weighted by atomic mass is 35.5. The van der Waals surface area contributed by atoms with Crippen LogP contribution in [0.5, 0.6) is 0 Å². The number of likely N-dealkylation sites (tertiary alicyclic amines) is 1. The van der Waals surface area contributed by atoms with Crippen molar-refractivity contribution in [2.24, 2.45) is 0 Å². The zero-order valence-corrected chi connectivity index (χ0v) is 16.0. The number of rotatable bonds is 4. The SMILES string of the molecule is Cl.O=C(CCc1ccc2ccccc2c1)N1CCC(N2CCNCC2)C1. The Morgan fingerprint density at radius 2 is 1.81 bits per heavy atom. The summed E-state index contributed by atoms with van der Waals surface area (Å²) in [5.41, 5.74) is 1.25. The fourth-order valence-corrected chi connectivity index (χ4v) is 4.12. The molecule has 4 nitrogen and oxygen atoms in total. The largest absolute Gasteiger partial charge is 0.341 e. The Morgan fingerprint density at radius 3 is 2.62 bits per heavy atom. The summed E-state index contributed by atoms with van der Waals surface area (Å²) in [6.45, 7) is 6.22. The molecule has 1 unspecified atom stereocenters. The number of amides is 1. The zero-order valence-electron chi connectivity index (χ0n) is 15.2. The van der Waals surface area contributed by atoms with Crippen LogP contribution in [0.2, 0.25) is 0 Å². The van der Waals surface area contributed by atoms with E-state index in [1.54, 1.807) is 0 Å². The summed E-state index contributed by atoms with van der Waals surface area (Å²) < 4.78 is 0. The van der Waals surface area contributed by atoms with Crippen LogP contribution < -0.4 is 5.32 Å². The van der Waals surface area contributed by atoms with Crippen molar-refractivity contribution in [1.29, 1.82) is 0 Å². The van der Waals surface area contributed by atoms with Crippen LogP contribution in [0.25, 0.3) is 10.8 Å². The predicted octanol–water partition coefficient (Wildman–Crippen LogP) is 2.70. The van der Waals surface area contributed by atoms with E-state index in [-0.39, 0.29) is 12.4 Å². The minimum Gasteiger partial charge on any atom is -0.341 e. The second kappa shape index (κ2) is 8.85. The van der Waals surface area contributed by atoms with Crippen LogP contribution in [0, 0.1) is 0 Å². The minimum atomic E-state index is 0. The highest BCUT2D eigenvalue weighted by Crippen LogP contribution is 2.19. The lowest BCUT2D eigenvalue weighted by atomic mass is 10.0. The van der Waals surface area contributed by atoms with E-state index in [1.807, 2.05) is 0 Å². The maximum atomic E-state index is 12.6. The molecule has 2 aliphatic rings. The summed E-state index contributed by atoms with van der Waals surface area (Å²) in [5.74, 6) is 0.311. The highest BCUT2D eigenvalue weighted by Gasteiger charge is 2.30. The van der Waals surface area contributed by atoms with Crippen molar-refractivity contribution in [3.8, 4) is 0 Å². The number of benzene rings is 2. The van der Waals surface area contributed by atoms with Crippen molar-refractivity contribution < 1.29 is 4.79 Å². The van der Waals surface area contributed by atoms with Crippen molar-refractivity contribution in [1.82, 2.24) is 15.1 Å². The summed E-state index contributed by atoms with van der Waals surface area (Å²) in [6.07, 6.45) is 2.58. The van der Waals surface area contributed by atoms with Crippen LogP contribution in [0.1, 0.15) is 18.4 Å². The number of fused-ring (bicyclic) bond motifs is 1. The van der Waals surface area contributed by atoms with E-state index in [1.165, 1.54) is 16.3 Å². The Balaban J connectivity index is 0.00000196. The molecule has 0 spiro atoms. The highest BCUT2D eigenvalue weighted by molar-refractivity contribution is 5.85. The molecule has 0 aliphatic carbocycles. The number of carbonyl (C=O) groups excluding carboxylic acids is 1. The van der Waals surface area contributed by atoms with E-state index in [0.29, 0.717) is 18.4 Å². The van der Waals surface area contributed by atoms with Crippen molar-refractivity contribution >= 4 is 29.1 Å². The monoisotopic (exact) mass is 373 g/mol. The number of nitrogens with zero attached hydrogens (tertiary/aromatic N) is 2. The molecule has 2 aliphatic heterocycles. The summed E-state index contributed by atoms with van der Waals surface area (Å²) in [5, 5.41) is 5.92. The molecule has 2 aromatic rings. The first-order valence-corrected chi connectivity index (χ1v) is 9.50. The lowest BCUT2D eigenvalue weighted by Gasteiger charge is -2.32. The maximum Gasteiger partial charge on any atom is 0.222 e. The molecule has 2 heterocycles. The van der Waals surface area contributed by atoms with Crippen molar-refractivity contribution in [3.63, 3.8) is 0 Å². The Bertz CT molecular complexity index is 745. The van der Waals surface area contributed by atoms with Gasteiger partial charge in [0.2, 0.25) is 5.91 Å². The Hall–Kier alpha value is -1.62. The van der Waals surface area contributed by atoms with E-state index < -0.39 is 0 Å². The van der Waals surface area contributed by atoms with Gasteiger partial charge in [0.05, 0.1) is 0 Å². The van der Waals surface area contributed by atoms with Gasteiger partial charge in [0.25, 0.3) is 0 Å². The van der Waals surface area contributed by atoms with Crippen molar-refractivity contribution in [2.45, 2.75) is 25.3 Å². The summed E-state index contributed by atoms with van der Waals surface area (Å²) >= 11 is 0. The average molecular weight is 374 g/mol. The average Bonchev–Trinajstić information content (AvgIpc) is 3.17. The quantitative estimate of drug-likeness (QED) is 0.895. The fraction of sp³-hybridized carbons (Fsp3) is 0.476. The first-order valence-electron chi connectivity index (χ1n) is 9.50. The van der Waals surface area contributed by atoms with Crippen molar-refractivity contribution in [2.75, 3.05) is 39.3 Å². The molecule has 2 fully saturated rings. The number of piperazine rings is 1. The molecule has 0 radical (unpaired) electrons. The van der Waals surface area contributed by atoms with Gasteiger partial charge in [-0.15, -0.1) is 12.4 Å². The first-order chi connectivity index (χ1) is 12.3. The molecule has 0 bridgehead atoms. The smallest absolute Gasteiger partial charge is 0.222 e. The summed E-state index contributed by atoms with van der Waals surface area (Å²) in [6, 6.07) is 15.5. The molecule has 1 amide bonds. The van der Waals surface area contributed by atoms with Gasteiger partial charge in [-0.2, -0.15) is 0 Å². The van der Waals surface area contributed by atoms with Crippen LogP contribution in [-0.2, 0) is 11.2 Å². The Kier molecular flexibility index (Phi) is 6.52. The number of hydrogen-bond acceptors (Lipinski definition) is 3. The fourth-order valence-electron chi connectivity index (χ4n) is 4.12. The standard InChI is InChI=1S/C21H27N3O.ClH/c25-21(24-12-9-20(16-24)23-13-10-22-11-14-23)8-6-17-5-7-18-3-1-2-4-19(18)15-17;/h1-5,7,15,20,22H,6,8-14,16H2;1H. The molecule has 0 saturated carbocycles. The van der Waals surface area contributed by atoms with Crippen LogP contribution >= 0.6 is 12.4 Å². The van der Waals surface area contributed by atoms with E-state index in [9.17, 15) is 4.79 Å². The van der Waals surface area contributed by atoms with E-state index >= 15 is 0 Å². The molecule has 140 valence electrons. The van der Waals surface area contributed by atoms with Gasteiger partial charge in [0.1, 0.15) is 0 Å². The minimum absolute atomic E-state index is 0. The molecule has 1 N–H and O–H groups in total. The van der Waals surface area contributed by atoms with E-state index in [0.717, 1.165) is 52.1 Å². The molecule has 2 aromatic carbocycles. The van der Waals surface area contributed by atoms with Gasteiger partial charge < -0.3 is 10.2 Å². The van der Waals surface area contributed by atoms with Crippen LogP contribution in [0.15, 0.2) is 42.5 Å². The third-order valence-electron chi connectivity index (χ3n) is 5.63. The van der Waals surface area contributed by atoms with Gasteiger partial charge in [0.15, 0.2) is 0 Å². The Labute approximate surface area is 161 Å². The van der Waals surface area contributed by atoms with Gasteiger partial charge in [-0.25, -0.2) is 0 Å². The molecule has 1 atom stereocenters. The van der Waals surface area contributed by atoms with Crippen molar-refractivity contribution in [3.05, 3.63) is 48.0 Å². The molecule has 0 aromatic heterocycles. The Morgan fingerprint density at radius 1 is 1.04 bits per heavy atom. The van der Waals surface area contributed by atoms with Gasteiger partial charge in [0, 0.05) is 51.7 Å². The number of nitrogens with one attached hydrogen (secondary N) is 1. The predicted molar refractivity (Wildman–Crippen MR) is 109 cm³/mol. The third-order valence-corrected chi connectivity index (χ3v) is 5.63. The lowest BCUT2D eigenvalue weighted by Crippen LogP contribution is -2.49. The second-order valence-corrected chi connectivity index (χ2v) is 7.25. The maximum absolute atomic E-state index is 12.6. The van der Waals surface area contributed by atoms with E-state index in [2.05, 4.69) is 57.6 Å². The van der Waals surface area contributed by atoms with E-state index in [4.69, 9.17) is 0 Å². The molecule has 4 rings (SSSR count). The normalized spacial score (nSPS) is 20.9. The zero-order chi connectivity index (χ0) is 17.1. The molecular weight excluding hydrogens is 346 g/mol. The number of carbonyl (C=O) groups is 1. The van der Waals surface area contributed by atoms with Gasteiger partial charge in [-0.1, -0.05) is 42.5 Å². The summed E-state index contributed by atoms with van der Waals surface area (Å²) in [7, 11) is 0. The van der Waals surface area contributed by atoms with Crippen LogP contribution in [0.3, 0.4) is 0 Å². The molecule has 5 heteroatoms. The van der Waals surface area contributed by atoms with Gasteiger partial charge >= 0.3 is 0 Å². The molecular formula is C21H28ClN3O. The van der Waals surface area contributed by atoms with Crippen LogP contribution in [0.4, 0.5) is 0 Å².